The molecule has 4 heterocycles. The van der Waals surface area contributed by atoms with Gasteiger partial charge in [-0.25, -0.2) is 14.4 Å². The minimum Gasteiger partial charge on any atom is -0.378 e. The van der Waals surface area contributed by atoms with E-state index in [1.54, 1.807) is 18.6 Å². The van der Waals surface area contributed by atoms with Crippen LogP contribution in [0.5, 0.6) is 0 Å². The lowest BCUT2D eigenvalue weighted by atomic mass is 9.96. The number of nitrogens with one attached hydrogen (secondary N) is 2. The van der Waals surface area contributed by atoms with Crippen LogP contribution in [0.1, 0.15) is 18.5 Å². The summed E-state index contributed by atoms with van der Waals surface area (Å²) in [4.78, 5) is 20.2. The number of rotatable bonds is 5. The lowest BCUT2D eigenvalue weighted by Gasteiger charge is -2.30. The number of piperidine rings is 1. The Kier molecular flexibility index (Phi) is 7.39. The number of hydrogen-bond donors (Lipinski definition) is 2. The van der Waals surface area contributed by atoms with Gasteiger partial charge in [0.15, 0.2) is 0 Å². The molecule has 4 rings (SSSR count). The molecule has 0 amide bonds. The molecule has 0 aliphatic carbocycles. The molecule has 0 radical (unpaired) electrons. The van der Waals surface area contributed by atoms with Gasteiger partial charge in [-0.15, -0.1) is 0 Å². The number of anilines is 2. The number of nitrogens with zero attached hydrogens (tertiary/aromatic N) is 5. The Labute approximate surface area is 188 Å². The molecule has 0 bridgehead atoms. The monoisotopic (exact) mass is 439 g/mol. The molecular formula is C23H30FN7O. The second kappa shape index (κ2) is 10.6. The van der Waals surface area contributed by atoms with Crippen LogP contribution in [0.2, 0.25) is 0 Å². The first-order valence-corrected chi connectivity index (χ1v) is 11.1. The largest absolute Gasteiger partial charge is 0.378 e. The maximum atomic E-state index is 15.1. The van der Waals surface area contributed by atoms with Crippen LogP contribution in [-0.2, 0) is 4.74 Å². The molecule has 170 valence electrons. The number of alkyl halides is 1. The number of aryl methyl sites for hydroxylation is 1. The normalized spacial score (nSPS) is 21.0. The zero-order valence-electron chi connectivity index (χ0n) is 18.4. The fourth-order valence-electron chi connectivity index (χ4n) is 3.81. The van der Waals surface area contributed by atoms with Crippen molar-refractivity contribution in [3.05, 3.63) is 48.7 Å². The van der Waals surface area contributed by atoms with Gasteiger partial charge in [-0.1, -0.05) is 0 Å². The highest BCUT2D eigenvalue weighted by Gasteiger charge is 2.31. The van der Waals surface area contributed by atoms with Crippen molar-refractivity contribution in [2.75, 3.05) is 56.2 Å². The molecule has 2 aliphatic rings. The maximum Gasteiger partial charge on any atom is 0.145 e. The molecule has 2 fully saturated rings. The summed E-state index contributed by atoms with van der Waals surface area (Å²) in [5.41, 5.74) is 1.02. The van der Waals surface area contributed by atoms with Gasteiger partial charge in [-0.3, -0.25) is 9.97 Å². The van der Waals surface area contributed by atoms with Crippen LogP contribution in [0.25, 0.3) is 11.3 Å². The van der Waals surface area contributed by atoms with E-state index in [4.69, 9.17) is 9.72 Å². The van der Waals surface area contributed by atoms with Crippen LogP contribution in [0, 0.1) is 6.92 Å². The summed E-state index contributed by atoms with van der Waals surface area (Å²) < 4.78 is 20.5. The molecular weight excluding hydrogens is 409 g/mol. The molecule has 2 aliphatic heterocycles. The Balaban J connectivity index is 1.62. The highest BCUT2D eigenvalue weighted by atomic mass is 19.1. The number of pyridine rings is 1. The van der Waals surface area contributed by atoms with Crippen molar-refractivity contribution in [2.24, 2.45) is 0 Å². The minimum absolute atomic E-state index is 0.170. The van der Waals surface area contributed by atoms with Crippen molar-refractivity contribution in [2.45, 2.75) is 25.4 Å². The van der Waals surface area contributed by atoms with E-state index >= 15 is 4.39 Å². The van der Waals surface area contributed by atoms with E-state index in [1.165, 1.54) is 0 Å². The maximum absolute atomic E-state index is 15.1. The van der Waals surface area contributed by atoms with Crippen molar-refractivity contribution in [3.8, 4) is 11.3 Å². The van der Waals surface area contributed by atoms with Gasteiger partial charge in [0.2, 0.25) is 0 Å². The number of morpholine rings is 1. The van der Waals surface area contributed by atoms with Crippen LogP contribution >= 0.6 is 0 Å². The summed E-state index contributed by atoms with van der Waals surface area (Å²) in [7, 11) is 0. The molecule has 8 nitrogen and oxygen atoms in total. The van der Waals surface area contributed by atoms with E-state index in [2.05, 4.69) is 30.5 Å². The number of halogens is 1. The van der Waals surface area contributed by atoms with E-state index in [-0.39, 0.29) is 6.54 Å². The van der Waals surface area contributed by atoms with Crippen molar-refractivity contribution in [3.63, 3.8) is 0 Å². The van der Waals surface area contributed by atoms with Crippen LogP contribution in [0.3, 0.4) is 0 Å². The van der Waals surface area contributed by atoms with Gasteiger partial charge in [0.25, 0.3) is 0 Å². The van der Waals surface area contributed by atoms with Gasteiger partial charge in [0.1, 0.15) is 17.3 Å². The van der Waals surface area contributed by atoms with Gasteiger partial charge in [0.05, 0.1) is 31.6 Å². The molecule has 0 aromatic carbocycles. The lowest BCUT2D eigenvalue weighted by Crippen LogP contribution is -2.46. The molecule has 1 unspecified atom stereocenters. The first-order valence-electron chi connectivity index (χ1n) is 11.1. The van der Waals surface area contributed by atoms with Crippen LogP contribution in [0.15, 0.2) is 43.0 Å². The van der Waals surface area contributed by atoms with Crippen molar-refractivity contribution in [1.29, 1.82) is 0 Å². The fourth-order valence-corrected chi connectivity index (χ4v) is 3.81. The summed E-state index contributed by atoms with van der Waals surface area (Å²) in [6.45, 7) is 6.35. The average molecular weight is 440 g/mol. The molecule has 1 atom stereocenters. The van der Waals surface area contributed by atoms with Gasteiger partial charge >= 0.3 is 0 Å². The second-order valence-electron chi connectivity index (χ2n) is 8.16. The molecule has 0 spiro atoms. The third kappa shape index (κ3) is 6.08. The summed E-state index contributed by atoms with van der Waals surface area (Å²) in [5.74, 6) is 1.41. The van der Waals surface area contributed by atoms with Gasteiger partial charge in [-0.05, 0) is 44.5 Å². The smallest absolute Gasteiger partial charge is 0.145 e. The number of hydrogen-bond acceptors (Lipinski definition) is 8. The summed E-state index contributed by atoms with van der Waals surface area (Å²) in [6, 6.07) is 5.89. The second-order valence-corrected chi connectivity index (χ2v) is 8.16. The van der Waals surface area contributed by atoms with Crippen molar-refractivity contribution < 1.29 is 9.13 Å². The Morgan fingerprint density at radius 1 is 1.19 bits per heavy atom. The van der Waals surface area contributed by atoms with Gasteiger partial charge in [-0.2, -0.15) is 0 Å². The fraction of sp³-hybridized carbons (Fsp3) is 0.478. The third-order valence-corrected chi connectivity index (χ3v) is 5.60. The quantitative estimate of drug-likeness (QED) is 0.735. The highest BCUT2D eigenvalue weighted by molar-refractivity contribution is 5.61. The van der Waals surface area contributed by atoms with Crippen molar-refractivity contribution in [1.82, 2.24) is 25.3 Å². The van der Waals surface area contributed by atoms with Gasteiger partial charge < -0.3 is 20.3 Å². The van der Waals surface area contributed by atoms with E-state index in [1.807, 2.05) is 31.3 Å². The average Bonchev–Trinajstić information content (AvgIpc) is 2.83. The van der Waals surface area contributed by atoms with Crippen LogP contribution in [0.4, 0.5) is 16.0 Å². The lowest BCUT2D eigenvalue weighted by molar-refractivity contribution is 0.122. The highest BCUT2D eigenvalue weighted by Crippen LogP contribution is 2.23. The Bertz CT molecular complexity index is 943. The molecule has 2 N–H and O–H groups in total. The molecule has 9 heteroatoms. The first-order chi connectivity index (χ1) is 15.6. The molecule has 2 saturated heterocycles. The van der Waals surface area contributed by atoms with Crippen LogP contribution in [-0.4, -0.2) is 71.5 Å². The zero-order chi connectivity index (χ0) is 22.2. The third-order valence-electron chi connectivity index (χ3n) is 5.60. The standard InChI is InChI=1S/C23H30FN7O/c1-18-13-20(19-3-4-22(28-14-19)31-9-11-32-12-10-31)30-21(15-25-7-8-27-18)29-17-23(24)5-2-6-26-16-23/h3-4,7-8,13-15,26H,2,5-6,9-12,16-17H2,1H3,(H,29,30). The summed E-state index contributed by atoms with van der Waals surface area (Å²) in [6.07, 6.45) is 7.97. The van der Waals surface area contributed by atoms with E-state index in [0.717, 1.165) is 43.1 Å². The molecule has 2 aromatic rings. The summed E-state index contributed by atoms with van der Waals surface area (Å²) >= 11 is 0. The Hall–Kier alpha value is -2.91. The topological polar surface area (TPSA) is 88.1 Å². The molecule has 32 heavy (non-hydrogen) atoms. The predicted octanol–water partition coefficient (Wildman–Crippen LogP) is 2.71. The summed E-state index contributed by atoms with van der Waals surface area (Å²) in [5, 5.41) is 6.28. The molecule has 0 saturated carbocycles. The van der Waals surface area contributed by atoms with E-state index in [9.17, 15) is 0 Å². The van der Waals surface area contributed by atoms with E-state index in [0.29, 0.717) is 37.7 Å². The molecule has 2 aromatic heterocycles. The Morgan fingerprint density at radius 2 is 2.06 bits per heavy atom. The number of ether oxygens (including phenoxy) is 1. The minimum atomic E-state index is -1.30. The predicted molar refractivity (Wildman–Crippen MR) is 123 cm³/mol. The van der Waals surface area contributed by atoms with Crippen LogP contribution < -0.4 is 15.5 Å². The zero-order valence-corrected chi connectivity index (χ0v) is 18.4. The first kappa shape index (κ1) is 22.3. The van der Waals surface area contributed by atoms with Crippen molar-refractivity contribution >= 4 is 11.6 Å². The van der Waals surface area contributed by atoms with Gasteiger partial charge in [0, 0.05) is 49.5 Å². The Morgan fingerprint density at radius 3 is 2.81 bits per heavy atom. The van der Waals surface area contributed by atoms with E-state index < -0.39 is 5.67 Å². The number of aromatic nitrogens is 4. The SMILES string of the molecule is Cc1cc(-c2ccc(N3CCOCC3)nc2)nc(NCC2(F)CCCNC2)cnccn1.